The molecule has 20 heavy (non-hydrogen) atoms. The summed E-state index contributed by atoms with van der Waals surface area (Å²) in [4.78, 5) is 14.2. The molecule has 4 heteroatoms. The Labute approximate surface area is 121 Å². The number of carbonyl (C=O) groups excluding carboxylic acids is 1. The van der Waals surface area contributed by atoms with Gasteiger partial charge in [-0.25, -0.2) is 0 Å². The van der Waals surface area contributed by atoms with E-state index in [0.717, 1.165) is 42.9 Å². The molecule has 0 aromatic heterocycles. The first-order valence-corrected chi connectivity index (χ1v) is 7.35. The average molecular weight is 275 g/mol. The second kappa shape index (κ2) is 6.75. The largest absolute Gasteiger partial charge is 0.378 e. The number of piperidine rings is 1. The Hall–Kier alpha value is -1.55. The Morgan fingerprint density at radius 2 is 2.05 bits per heavy atom. The number of hydrogen-bond donors (Lipinski definition) is 2. The highest BCUT2D eigenvalue weighted by Gasteiger charge is 2.17. The van der Waals surface area contributed by atoms with Crippen LogP contribution in [-0.2, 0) is 4.79 Å². The fourth-order valence-electron chi connectivity index (χ4n) is 2.62. The van der Waals surface area contributed by atoms with Crippen LogP contribution in [0.2, 0.25) is 0 Å². The maximum Gasteiger partial charge on any atom is 0.224 e. The first-order valence-electron chi connectivity index (χ1n) is 7.35. The van der Waals surface area contributed by atoms with E-state index >= 15 is 0 Å². The summed E-state index contributed by atoms with van der Waals surface area (Å²) < 4.78 is 0. The Kier molecular flexibility index (Phi) is 5.01. The van der Waals surface area contributed by atoms with Crippen LogP contribution in [0.5, 0.6) is 0 Å². The molecule has 0 atom stereocenters. The van der Waals surface area contributed by atoms with Crippen LogP contribution < -0.4 is 15.5 Å². The highest BCUT2D eigenvalue weighted by Crippen LogP contribution is 2.22. The van der Waals surface area contributed by atoms with Crippen LogP contribution in [0.15, 0.2) is 18.2 Å². The molecule has 0 radical (unpaired) electrons. The Morgan fingerprint density at radius 1 is 1.35 bits per heavy atom. The minimum Gasteiger partial charge on any atom is -0.378 e. The number of nitrogens with one attached hydrogen (secondary N) is 2. The number of nitrogens with zero attached hydrogens (tertiary/aromatic N) is 1. The van der Waals surface area contributed by atoms with Crippen molar-refractivity contribution in [1.29, 1.82) is 0 Å². The van der Waals surface area contributed by atoms with Crippen LogP contribution in [0.4, 0.5) is 11.4 Å². The van der Waals surface area contributed by atoms with Gasteiger partial charge in [0.1, 0.15) is 0 Å². The molecule has 0 bridgehead atoms. The molecule has 1 fully saturated rings. The van der Waals surface area contributed by atoms with E-state index in [2.05, 4.69) is 21.6 Å². The van der Waals surface area contributed by atoms with Gasteiger partial charge in [0.05, 0.1) is 0 Å². The van der Waals surface area contributed by atoms with Crippen molar-refractivity contribution < 1.29 is 4.79 Å². The molecule has 2 rings (SSSR count). The van der Waals surface area contributed by atoms with E-state index in [9.17, 15) is 4.79 Å². The lowest BCUT2D eigenvalue weighted by atomic mass is 9.94. The van der Waals surface area contributed by atoms with Crippen LogP contribution in [0, 0.1) is 12.8 Å². The maximum absolute atomic E-state index is 12.1. The molecule has 1 aliphatic heterocycles. The number of carbonyl (C=O) groups is 1. The van der Waals surface area contributed by atoms with Crippen molar-refractivity contribution in [3.05, 3.63) is 23.8 Å². The van der Waals surface area contributed by atoms with Gasteiger partial charge in [-0.1, -0.05) is 0 Å². The van der Waals surface area contributed by atoms with Gasteiger partial charge in [0.15, 0.2) is 0 Å². The zero-order chi connectivity index (χ0) is 14.5. The van der Waals surface area contributed by atoms with Gasteiger partial charge >= 0.3 is 0 Å². The van der Waals surface area contributed by atoms with E-state index in [4.69, 9.17) is 0 Å². The van der Waals surface area contributed by atoms with Gasteiger partial charge in [-0.2, -0.15) is 0 Å². The van der Waals surface area contributed by atoms with Gasteiger partial charge in [-0.3, -0.25) is 4.79 Å². The van der Waals surface area contributed by atoms with Crippen LogP contribution in [0.25, 0.3) is 0 Å². The summed E-state index contributed by atoms with van der Waals surface area (Å²) in [5.41, 5.74) is 3.18. The smallest absolute Gasteiger partial charge is 0.224 e. The quantitative estimate of drug-likeness (QED) is 0.887. The summed E-state index contributed by atoms with van der Waals surface area (Å²) in [6, 6.07) is 6.12. The average Bonchev–Trinajstić information content (AvgIpc) is 2.42. The molecule has 1 aromatic carbocycles. The van der Waals surface area contributed by atoms with Crippen LogP contribution >= 0.6 is 0 Å². The summed E-state index contributed by atoms with van der Waals surface area (Å²) >= 11 is 0. The van der Waals surface area contributed by atoms with Crippen molar-refractivity contribution in [3.8, 4) is 0 Å². The molecule has 0 aliphatic carbocycles. The van der Waals surface area contributed by atoms with Gasteiger partial charge in [-0.05, 0) is 62.5 Å². The highest BCUT2D eigenvalue weighted by atomic mass is 16.1. The molecule has 1 aromatic rings. The van der Waals surface area contributed by atoms with E-state index < -0.39 is 0 Å². The normalized spacial score (nSPS) is 15.9. The van der Waals surface area contributed by atoms with Gasteiger partial charge in [0.25, 0.3) is 0 Å². The molecule has 0 unspecified atom stereocenters. The standard InChI is InChI=1S/C16H25N3O/c1-12-10-14(19(2)3)4-5-15(12)18-16(20)11-13-6-8-17-9-7-13/h4-5,10,13,17H,6-9,11H2,1-3H3,(H,18,20). The molecule has 0 spiro atoms. The van der Waals surface area contributed by atoms with Gasteiger partial charge in [0, 0.05) is 31.9 Å². The molecule has 1 heterocycles. The molecular formula is C16H25N3O. The summed E-state index contributed by atoms with van der Waals surface area (Å²) in [6.07, 6.45) is 2.84. The maximum atomic E-state index is 12.1. The number of hydrogen-bond acceptors (Lipinski definition) is 3. The van der Waals surface area contributed by atoms with Crippen LogP contribution in [0.1, 0.15) is 24.8 Å². The molecule has 0 saturated carbocycles. The van der Waals surface area contributed by atoms with E-state index in [-0.39, 0.29) is 5.91 Å². The highest BCUT2D eigenvalue weighted by molar-refractivity contribution is 5.91. The van der Waals surface area contributed by atoms with Crippen molar-refractivity contribution in [1.82, 2.24) is 5.32 Å². The van der Waals surface area contributed by atoms with Gasteiger partial charge < -0.3 is 15.5 Å². The zero-order valence-corrected chi connectivity index (χ0v) is 12.7. The first kappa shape index (κ1) is 14.9. The lowest BCUT2D eigenvalue weighted by Crippen LogP contribution is -2.30. The molecule has 110 valence electrons. The minimum atomic E-state index is 0.137. The minimum absolute atomic E-state index is 0.137. The van der Waals surface area contributed by atoms with E-state index in [1.165, 1.54) is 0 Å². The topological polar surface area (TPSA) is 44.4 Å². The zero-order valence-electron chi connectivity index (χ0n) is 12.7. The predicted molar refractivity (Wildman–Crippen MR) is 84.3 cm³/mol. The second-order valence-corrected chi connectivity index (χ2v) is 5.84. The number of amides is 1. The van der Waals surface area contributed by atoms with Crippen LogP contribution in [-0.4, -0.2) is 33.1 Å². The van der Waals surface area contributed by atoms with Crippen molar-refractivity contribution in [2.45, 2.75) is 26.2 Å². The number of benzene rings is 1. The monoisotopic (exact) mass is 275 g/mol. The summed E-state index contributed by atoms with van der Waals surface area (Å²) in [7, 11) is 4.04. The predicted octanol–water partition coefficient (Wildman–Crippen LogP) is 2.39. The van der Waals surface area contributed by atoms with E-state index in [1.54, 1.807) is 0 Å². The Morgan fingerprint density at radius 3 is 2.65 bits per heavy atom. The summed E-state index contributed by atoms with van der Waals surface area (Å²) in [5, 5.41) is 6.37. The lowest BCUT2D eigenvalue weighted by Gasteiger charge is -2.22. The van der Waals surface area contributed by atoms with Crippen molar-refractivity contribution >= 4 is 17.3 Å². The second-order valence-electron chi connectivity index (χ2n) is 5.84. The molecule has 1 saturated heterocycles. The summed E-state index contributed by atoms with van der Waals surface area (Å²) in [5.74, 6) is 0.662. The Bertz CT molecular complexity index is 465. The third-order valence-electron chi connectivity index (χ3n) is 3.93. The fraction of sp³-hybridized carbons (Fsp3) is 0.562. The SMILES string of the molecule is Cc1cc(N(C)C)ccc1NC(=O)CC1CCNCC1. The van der Waals surface area contributed by atoms with Gasteiger partial charge in [-0.15, -0.1) is 0 Å². The number of anilines is 2. The molecule has 1 aliphatic rings. The van der Waals surface area contributed by atoms with E-state index in [1.807, 2.05) is 33.2 Å². The van der Waals surface area contributed by atoms with Crippen molar-refractivity contribution in [2.75, 3.05) is 37.4 Å². The van der Waals surface area contributed by atoms with E-state index in [0.29, 0.717) is 12.3 Å². The number of rotatable bonds is 4. The van der Waals surface area contributed by atoms with Gasteiger partial charge in [0.2, 0.25) is 5.91 Å². The number of aryl methyl sites for hydroxylation is 1. The van der Waals surface area contributed by atoms with Crippen molar-refractivity contribution in [2.24, 2.45) is 5.92 Å². The van der Waals surface area contributed by atoms with Crippen molar-refractivity contribution in [3.63, 3.8) is 0 Å². The van der Waals surface area contributed by atoms with Crippen LogP contribution in [0.3, 0.4) is 0 Å². The molecule has 2 N–H and O–H groups in total. The fourth-order valence-corrected chi connectivity index (χ4v) is 2.62. The Balaban J connectivity index is 1.93. The summed E-state index contributed by atoms with van der Waals surface area (Å²) in [6.45, 7) is 4.11. The molecule has 4 nitrogen and oxygen atoms in total. The third kappa shape index (κ3) is 3.97. The first-order chi connectivity index (χ1) is 9.56. The lowest BCUT2D eigenvalue weighted by molar-refractivity contribution is -0.117. The molecule has 1 amide bonds. The molecular weight excluding hydrogens is 250 g/mol. The third-order valence-corrected chi connectivity index (χ3v) is 3.93.